The quantitative estimate of drug-likeness (QED) is 0.806. The second-order valence-electron chi connectivity index (χ2n) is 7.49. The number of hydrogen-bond acceptors (Lipinski definition) is 3. The molecule has 0 radical (unpaired) electrons. The number of sulfonamides is 1. The van der Waals surface area contributed by atoms with E-state index in [4.69, 9.17) is 0 Å². The number of piperidine rings is 1. The fourth-order valence-corrected chi connectivity index (χ4v) is 4.98. The first-order chi connectivity index (χ1) is 12.8. The van der Waals surface area contributed by atoms with Gasteiger partial charge in [0.2, 0.25) is 0 Å². The van der Waals surface area contributed by atoms with Crippen molar-refractivity contribution in [3.8, 4) is 0 Å². The van der Waals surface area contributed by atoms with Crippen LogP contribution < -0.4 is 4.31 Å². The van der Waals surface area contributed by atoms with Crippen LogP contribution in [0.25, 0.3) is 0 Å². The number of carbonyl (C=O) groups is 1. The van der Waals surface area contributed by atoms with Crippen molar-refractivity contribution in [2.45, 2.75) is 25.2 Å². The average molecular weight is 387 g/mol. The van der Waals surface area contributed by atoms with Crippen molar-refractivity contribution < 1.29 is 13.2 Å². The van der Waals surface area contributed by atoms with E-state index in [9.17, 15) is 13.2 Å². The molecule has 0 unspecified atom stereocenters. The summed E-state index contributed by atoms with van der Waals surface area (Å²) in [5.41, 5.74) is 0.992. The molecule has 2 atom stereocenters. The van der Waals surface area contributed by atoms with E-state index < -0.39 is 10.0 Å². The maximum atomic E-state index is 13.0. The molecule has 1 aliphatic heterocycles. The highest BCUT2D eigenvalue weighted by Crippen LogP contribution is 2.25. The Kier molecular flexibility index (Phi) is 5.56. The number of amides is 1. The smallest absolute Gasteiger partial charge is 0.264 e. The summed E-state index contributed by atoms with van der Waals surface area (Å²) in [7, 11) is -2.22. The van der Waals surface area contributed by atoms with Crippen LogP contribution >= 0.6 is 0 Å². The summed E-state index contributed by atoms with van der Waals surface area (Å²) >= 11 is 0. The maximum Gasteiger partial charge on any atom is 0.264 e. The Labute approximate surface area is 161 Å². The highest BCUT2D eigenvalue weighted by molar-refractivity contribution is 7.92. The fraction of sp³-hybridized carbons (Fsp3) is 0.381. The average Bonchev–Trinajstić information content (AvgIpc) is 2.66. The predicted molar refractivity (Wildman–Crippen MR) is 107 cm³/mol. The van der Waals surface area contributed by atoms with Gasteiger partial charge in [-0.3, -0.25) is 9.10 Å². The molecule has 1 amide bonds. The van der Waals surface area contributed by atoms with Crippen LogP contribution in [0.3, 0.4) is 0 Å². The van der Waals surface area contributed by atoms with Gasteiger partial charge >= 0.3 is 0 Å². The van der Waals surface area contributed by atoms with Crippen LogP contribution in [-0.4, -0.2) is 39.4 Å². The summed E-state index contributed by atoms with van der Waals surface area (Å²) in [6.45, 7) is 5.71. The highest BCUT2D eigenvalue weighted by atomic mass is 32.2. The summed E-state index contributed by atoms with van der Waals surface area (Å²) in [5.74, 6) is 0.801. The molecule has 1 fully saturated rings. The zero-order valence-corrected chi connectivity index (χ0v) is 16.8. The summed E-state index contributed by atoms with van der Waals surface area (Å²) in [6, 6.07) is 15.2. The number of hydrogen-bond donors (Lipinski definition) is 0. The van der Waals surface area contributed by atoms with Gasteiger partial charge in [0, 0.05) is 25.7 Å². The lowest BCUT2D eigenvalue weighted by Gasteiger charge is -2.35. The van der Waals surface area contributed by atoms with Gasteiger partial charge < -0.3 is 4.90 Å². The van der Waals surface area contributed by atoms with Crippen LogP contribution in [-0.2, 0) is 10.0 Å². The van der Waals surface area contributed by atoms with E-state index >= 15 is 0 Å². The topological polar surface area (TPSA) is 57.7 Å². The lowest BCUT2D eigenvalue weighted by molar-refractivity contribution is 0.0623. The van der Waals surface area contributed by atoms with Crippen LogP contribution in [0.1, 0.15) is 30.6 Å². The van der Waals surface area contributed by atoms with E-state index in [1.807, 2.05) is 11.0 Å². The van der Waals surface area contributed by atoms with Crippen molar-refractivity contribution in [1.29, 1.82) is 0 Å². The van der Waals surface area contributed by atoms with Gasteiger partial charge in [-0.15, -0.1) is 0 Å². The van der Waals surface area contributed by atoms with E-state index in [0.717, 1.165) is 6.42 Å². The second-order valence-corrected chi connectivity index (χ2v) is 9.46. The van der Waals surface area contributed by atoms with Gasteiger partial charge in [0.1, 0.15) is 0 Å². The SMILES string of the molecule is C[C@H]1C[C@H](C)CN(C(=O)c2cccc(S(=O)(=O)N(C)c3ccccc3)c2)C1. The van der Waals surface area contributed by atoms with Crippen molar-refractivity contribution in [2.75, 3.05) is 24.4 Å². The Bertz CT molecular complexity index is 902. The largest absolute Gasteiger partial charge is 0.338 e. The minimum atomic E-state index is -3.74. The monoisotopic (exact) mass is 386 g/mol. The minimum Gasteiger partial charge on any atom is -0.338 e. The van der Waals surface area contributed by atoms with Crippen molar-refractivity contribution in [2.24, 2.45) is 11.8 Å². The molecule has 6 heteroatoms. The molecule has 144 valence electrons. The zero-order valence-electron chi connectivity index (χ0n) is 16.0. The van der Waals surface area contributed by atoms with Crippen LogP contribution in [0.4, 0.5) is 5.69 Å². The Hall–Kier alpha value is -2.34. The predicted octanol–water partition coefficient (Wildman–Crippen LogP) is 3.63. The van der Waals surface area contributed by atoms with Crippen molar-refractivity contribution in [3.63, 3.8) is 0 Å². The Morgan fingerprint density at radius 3 is 2.26 bits per heavy atom. The molecule has 27 heavy (non-hydrogen) atoms. The lowest BCUT2D eigenvalue weighted by Crippen LogP contribution is -2.42. The molecular weight excluding hydrogens is 360 g/mol. The van der Waals surface area contributed by atoms with Gasteiger partial charge in [-0.2, -0.15) is 0 Å². The third-order valence-electron chi connectivity index (χ3n) is 5.02. The Balaban J connectivity index is 1.88. The van der Waals surface area contributed by atoms with Gasteiger partial charge in [-0.05, 0) is 48.6 Å². The first kappa shape index (κ1) is 19.4. The molecule has 2 aromatic carbocycles. The van der Waals surface area contributed by atoms with Gasteiger partial charge in [-0.1, -0.05) is 38.1 Å². The molecular formula is C21H26N2O3S. The van der Waals surface area contributed by atoms with Crippen molar-refractivity contribution in [3.05, 3.63) is 60.2 Å². The first-order valence-corrected chi connectivity index (χ1v) is 10.7. The summed E-state index contributed by atoms with van der Waals surface area (Å²) < 4.78 is 27.2. The molecule has 1 heterocycles. The molecule has 0 saturated carbocycles. The van der Waals surface area contributed by atoms with Crippen molar-refractivity contribution in [1.82, 2.24) is 4.90 Å². The third-order valence-corrected chi connectivity index (χ3v) is 6.80. The van der Waals surface area contributed by atoms with Crippen LogP contribution in [0.15, 0.2) is 59.5 Å². The van der Waals surface area contributed by atoms with Gasteiger partial charge in [0.25, 0.3) is 15.9 Å². The fourth-order valence-electron chi connectivity index (χ4n) is 3.74. The molecule has 0 bridgehead atoms. The molecule has 0 N–H and O–H groups in total. The van der Waals surface area contributed by atoms with Gasteiger partial charge in [-0.25, -0.2) is 8.42 Å². The zero-order chi connectivity index (χ0) is 19.6. The molecule has 1 saturated heterocycles. The van der Waals surface area contributed by atoms with Crippen LogP contribution in [0, 0.1) is 11.8 Å². The molecule has 0 aliphatic carbocycles. The van der Waals surface area contributed by atoms with E-state index in [1.165, 1.54) is 23.5 Å². The summed E-state index contributed by atoms with van der Waals surface area (Å²) in [5, 5.41) is 0. The number of nitrogens with zero attached hydrogens (tertiary/aromatic N) is 2. The summed E-state index contributed by atoms with van der Waals surface area (Å²) in [4.78, 5) is 14.9. The van der Waals surface area contributed by atoms with Crippen LogP contribution in [0.5, 0.6) is 0 Å². The van der Waals surface area contributed by atoms with Gasteiger partial charge in [0.15, 0.2) is 0 Å². The molecule has 0 aromatic heterocycles. The number of rotatable bonds is 4. The minimum absolute atomic E-state index is 0.104. The van der Waals surface area contributed by atoms with E-state index in [1.54, 1.807) is 36.4 Å². The molecule has 2 aromatic rings. The number of para-hydroxylation sites is 1. The van der Waals surface area contributed by atoms with E-state index in [0.29, 0.717) is 36.2 Å². The number of benzene rings is 2. The van der Waals surface area contributed by atoms with E-state index in [-0.39, 0.29) is 10.8 Å². The van der Waals surface area contributed by atoms with Crippen LogP contribution in [0.2, 0.25) is 0 Å². The van der Waals surface area contributed by atoms with E-state index in [2.05, 4.69) is 13.8 Å². The number of likely N-dealkylation sites (tertiary alicyclic amines) is 1. The normalized spacial score (nSPS) is 20.3. The highest BCUT2D eigenvalue weighted by Gasteiger charge is 2.27. The summed E-state index contributed by atoms with van der Waals surface area (Å²) in [6.07, 6.45) is 1.11. The molecule has 0 spiro atoms. The standard InChI is InChI=1S/C21H26N2O3S/c1-16-12-17(2)15-23(14-16)21(24)18-8-7-11-20(13-18)27(25,26)22(3)19-9-5-4-6-10-19/h4-11,13,16-17H,12,14-15H2,1-3H3/t16-,17-/m0/s1. The lowest BCUT2D eigenvalue weighted by atomic mass is 9.91. The molecule has 5 nitrogen and oxygen atoms in total. The number of carbonyl (C=O) groups excluding carboxylic acids is 1. The first-order valence-electron chi connectivity index (χ1n) is 9.22. The van der Waals surface area contributed by atoms with Crippen molar-refractivity contribution >= 4 is 21.6 Å². The van der Waals surface area contributed by atoms with Gasteiger partial charge in [0.05, 0.1) is 10.6 Å². The number of anilines is 1. The second kappa shape index (κ2) is 7.72. The molecule has 3 rings (SSSR count). The Morgan fingerprint density at radius 1 is 1.00 bits per heavy atom. The Morgan fingerprint density at radius 2 is 1.63 bits per heavy atom. The third kappa shape index (κ3) is 4.16. The molecule has 1 aliphatic rings. The maximum absolute atomic E-state index is 13.0.